The van der Waals surface area contributed by atoms with E-state index >= 15 is 0 Å². The molecule has 0 bridgehead atoms. The average molecular weight is 197 g/mol. The Bertz CT molecular complexity index is 247. The van der Waals surface area contributed by atoms with E-state index in [1.54, 1.807) is 0 Å². The van der Waals surface area contributed by atoms with Crippen LogP contribution in [0.5, 0.6) is 0 Å². The van der Waals surface area contributed by atoms with E-state index in [1.807, 2.05) is 0 Å². The van der Waals surface area contributed by atoms with E-state index in [4.69, 9.17) is 5.11 Å². The summed E-state index contributed by atoms with van der Waals surface area (Å²) in [5.74, 6) is 0. The average Bonchev–Trinajstić information content (AvgIpc) is 2.61. The topological polar surface area (TPSA) is 60.9 Å². The number of aliphatic hydroxyl groups is 1. The molecular formula is C10H19N3O. The maximum Gasteiger partial charge on any atom is 0.0625 e. The fourth-order valence-electron chi connectivity index (χ4n) is 1.31. The molecule has 3 N–H and O–H groups in total. The Balaban J connectivity index is 2.22. The third kappa shape index (κ3) is 3.89. The molecule has 1 heterocycles. The maximum atomic E-state index is 8.58. The zero-order chi connectivity index (χ0) is 10.2. The minimum absolute atomic E-state index is 0.247. The van der Waals surface area contributed by atoms with Crippen LogP contribution in [0.2, 0.25) is 0 Å². The number of nitrogens with zero attached hydrogens (tertiary/aromatic N) is 1. The second-order valence-corrected chi connectivity index (χ2v) is 3.39. The summed E-state index contributed by atoms with van der Waals surface area (Å²) >= 11 is 0. The van der Waals surface area contributed by atoms with Gasteiger partial charge in [-0.05, 0) is 25.5 Å². The molecule has 0 aromatic carbocycles. The Morgan fingerprint density at radius 3 is 3.14 bits per heavy atom. The van der Waals surface area contributed by atoms with Gasteiger partial charge in [0.05, 0.1) is 5.69 Å². The molecule has 80 valence electrons. The van der Waals surface area contributed by atoms with Crippen LogP contribution >= 0.6 is 0 Å². The van der Waals surface area contributed by atoms with Gasteiger partial charge in [-0.1, -0.05) is 13.3 Å². The normalized spacial score (nSPS) is 10.7. The van der Waals surface area contributed by atoms with E-state index in [1.165, 1.54) is 0 Å². The fourth-order valence-corrected chi connectivity index (χ4v) is 1.31. The van der Waals surface area contributed by atoms with Crippen LogP contribution in [0.4, 0.5) is 0 Å². The summed E-state index contributed by atoms with van der Waals surface area (Å²) in [5, 5.41) is 19.0. The summed E-state index contributed by atoms with van der Waals surface area (Å²) in [4.78, 5) is 0. The summed E-state index contributed by atoms with van der Waals surface area (Å²) in [6, 6.07) is 2.09. The second kappa shape index (κ2) is 6.56. The summed E-state index contributed by atoms with van der Waals surface area (Å²) < 4.78 is 0. The summed E-state index contributed by atoms with van der Waals surface area (Å²) in [6.45, 7) is 4.04. The molecule has 0 aliphatic carbocycles. The molecule has 0 radical (unpaired) electrons. The Kier molecular flexibility index (Phi) is 5.25. The van der Waals surface area contributed by atoms with Gasteiger partial charge in [0.25, 0.3) is 0 Å². The lowest BCUT2D eigenvalue weighted by Crippen LogP contribution is -2.15. The number of aryl methyl sites for hydroxylation is 1. The van der Waals surface area contributed by atoms with Gasteiger partial charge in [-0.3, -0.25) is 5.10 Å². The first-order valence-corrected chi connectivity index (χ1v) is 5.21. The molecular weight excluding hydrogens is 178 g/mol. The predicted octanol–water partition coefficient (Wildman–Crippen LogP) is 0.834. The molecule has 0 aliphatic heterocycles. The first-order chi connectivity index (χ1) is 6.86. The van der Waals surface area contributed by atoms with E-state index in [9.17, 15) is 0 Å². The number of hydrogen-bond donors (Lipinski definition) is 3. The summed E-state index contributed by atoms with van der Waals surface area (Å²) in [7, 11) is 0. The second-order valence-electron chi connectivity index (χ2n) is 3.39. The van der Waals surface area contributed by atoms with Gasteiger partial charge < -0.3 is 10.4 Å². The molecule has 1 aromatic heterocycles. The number of H-pyrrole nitrogens is 1. The third-order valence-corrected chi connectivity index (χ3v) is 2.02. The van der Waals surface area contributed by atoms with Crippen molar-refractivity contribution >= 4 is 0 Å². The van der Waals surface area contributed by atoms with Crippen molar-refractivity contribution in [3.05, 3.63) is 17.5 Å². The van der Waals surface area contributed by atoms with Crippen molar-refractivity contribution in [3.63, 3.8) is 0 Å². The standard InChI is InChI=1S/C10H19N3O/c1-2-4-9-7-10(13-12-9)8-11-5-3-6-14/h7,11,14H,2-6,8H2,1H3,(H,12,13). The van der Waals surface area contributed by atoms with Gasteiger partial charge in [0.2, 0.25) is 0 Å². The van der Waals surface area contributed by atoms with Crippen LogP contribution in [0.25, 0.3) is 0 Å². The van der Waals surface area contributed by atoms with Gasteiger partial charge in [-0.2, -0.15) is 5.10 Å². The Labute approximate surface area is 84.7 Å². The molecule has 0 fully saturated rings. The lowest BCUT2D eigenvalue weighted by molar-refractivity contribution is 0.286. The van der Waals surface area contributed by atoms with Gasteiger partial charge in [0.15, 0.2) is 0 Å². The first-order valence-electron chi connectivity index (χ1n) is 5.21. The van der Waals surface area contributed by atoms with Crippen molar-refractivity contribution in [1.82, 2.24) is 15.5 Å². The molecule has 14 heavy (non-hydrogen) atoms. The van der Waals surface area contributed by atoms with Crippen molar-refractivity contribution in [1.29, 1.82) is 0 Å². The van der Waals surface area contributed by atoms with E-state index in [0.717, 1.165) is 43.7 Å². The highest BCUT2D eigenvalue weighted by molar-refractivity contribution is 5.08. The first kappa shape index (κ1) is 11.2. The SMILES string of the molecule is CCCc1cc(CNCCCO)[nH]n1. The van der Waals surface area contributed by atoms with E-state index in [-0.39, 0.29) is 6.61 Å². The van der Waals surface area contributed by atoms with Crippen molar-refractivity contribution < 1.29 is 5.11 Å². The maximum absolute atomic E-state index is 8.58. The van der Waals surface area contributed by atoms with Crippen LogP contribution in [-0.2, 0) is 13.0 Å². The molecule has 1 aromatic rings. The number of rotatable bonds is 7. The Morgan fingerprint density at radius 1 is 1.57 bits per heavy atom. The number of aliphatic hydroxyl groups excluding tert-OH is 1. The van der Waals surface area contributed by atoms with Crippen molar-refractivity contribution in [3.8, 4) is 0 Å². The molecule has 0 saturated heterocycles. The Hall–Kier alpha value is -0.870. The molecule has 0 spiro atoms. The Morgan fingerprint density at radius 2 is 2.43 bits per heavy atom. The van der Waals surface area contributed by atoms with Crippen LogP contribution in [0.15, 0.2) is 6.07 Å². The zero-order valence-corrected chi connectivity index (χ0v) is 8.71. The van der Waals surface area contributed by atoms with Gasteiger partial charge in [-0.25, -0.2) is 0 Å². The molecule has 1 rings (SSSR count). The summed E-state index contributed by atoms with van der Waals surface area (Å²) in [5.41, 5.74) is 2.25. The highest BCUT2D eigenvalue weighted by Crippen LogP contribution is 2.01. The van der Waals surface area contributed by atoms with Gasteiger partial charge >= 0.3 is 0 Å². The molecule has 0 amide bonds. The van der Waals surface area contributed by atoms with Gasteiger partial charge in [0.1, 0.15) is 0 Å². The molecule has 4 nitrogen and oxygen atoms in total. The van der Waals surface area contributed by atoms with E-state index in [2.05, 4.69) is 28.5 Å². The number of aromatic nitrogens is 2. The highest BCUT2D eigenvalue weighted by atomic mass is 16.3. The number of nitrogens with one attached hydrogen (secondary N) is 2. The lowest BCUT2D eigenvalue weighted by Gasteiger charge is -1.99. The number of hydrogen-bond acceptors (Lipinski definition) is 3. The predicted molar refractivity (Wildman–Crippen MR) is 56.0 cm³/mol. The zero-order valence-electron chi connectivity index (χ0n) is 8.71. The minimum atomic E-state index is 0.247. The molecule has 0 unspecified atom stereocenters. The smallest absolute Gasteiger partial charge is 0.0625 e. The largest absolute Gasteiger partial charge is 0.396 e. The molecule has 0 saturated carbocycles. The monoisotopic (exact) mass is 197 g/mol. The quantitative estimate of drug-likeness (QED) is 0.567. The van der Waals surface area contributed by atoms with E-state index < -0.39 is 0 Å². The van der Waals surface area contributed by atoms with Crippen LogP contribution in [0.3, 0.4) is 0 Å². The van der Waals surface area contributed by atoms with Crippen LogP contribution in [-0.4, -0.2) is 28.5 Å². The molecule has 4 heteroatoms. The fraction of sp³-hybridized carbons (Fsp3) is 0.700. The number of aromatic amines is 1. The molecule has 0 aliphatic rings. The highest BCUT2D eigenvalue weighted by Gasteiger charge is 1.98. The van der Waals surface area contributed by atoms with Gasteiger partial charge in [-0.15, -0.1) is 0 Å². The van der Waals surface area contributed by atoms with Crippen molar-refractivity contribution in [2.75, 3.05) is 13.2 Å². The van der Waals surface area contributed by atoms with Crippen LogP contribution in [0, 0.1) is 0 Å². The summed E-state index contributed by atoms with van der Waals surface area (Å²) in [6.07, 6.45) is 2.96. The van der Waals surface area contributed by atoms with Crippen LogP contribution in [0.1, 0.15) is 31.2 Å². The van der Waals surface area contributed by atoms with Crippen LogP contribution < -0.4 is 5.32 Å². The van der Waals surface area contributed by atoms with E-state index in [0.29, 0.717) is 0 Å². The molecule has 0 atom stereocenters. The third-order valence-electron chi connectivity index (χ3n) is 2.02. The van der Waals surface area contributed by atoms with Crippen molar-refractivity contribution in [2.45, 2.75) is 32.7 Å². The van der Waals surface area contributed by atoms with Gasteiger partial charge in [0, 0.05) is 18.8 Å². The minimum Gasteiger partial charge on any atom is -0.396 e. The van der Waals surface area contributed by atoms with Crippen molar-refractivity contribution in [2.24, 2.45) is 0 Å². The lowest BCUT2D eigenvalue weighted by atomic mass is 10.2.